The zero-order chi connectivity index (χ0) is 51.4. The van der Waals surface area contributed by atoms with Crippen molar-refractivity contribution in [2.24, 2.45) is 0 Å². The Hall–Kier alpha value is -5.49. The molecule has 0 N–H and O–H groups in total. The molecule has 0 radical (unpaired) electrons. The van der Waals surface area contributed by atoms with Crippen molar-refractivity contribution < 1.29 is 28.6 Å². The number of esters is 3. The van der Waals surface area contributed by atoms with Gasteiger partial charge in [-0.05, 0) is 135 Å². The molecule has 0 aromatic carbocycles. The van der Waals surface area contributed by atoms with Gasteiger partial charge in [0.25, 0.3) is 0 Å². The van der Waals surface area contributed by atoms with Crippen molar-refractivity contribution in [2.75, 3.05) is 13.2 Å². The summed E-state index contributed by atoms with van der Waals surface area (Å²) in [7, 11) is 0. The van der Waals surface area contributed by atoms with E-state index in [2.05, 4.69) is 191 Å². The molecule has 0 aliphatic heterocycles. The second kappa shape index (κ2) is 57.1. The fraction of sp³-hybridized carbons (Fsp3) is 0.492. The van der Waals surface area contributed by atoms with Gasteiger partial charge in [0.1, 0.15) is 13.2 Å². The van der Waals surface area contributed by atoms with Crippen molar-refractivity contribution in [1.82, 2.24) is 0 Å². The van der Waals surface area contributed by atoms with Crippen LogP contribution in [0.4, 0.5) is 0 Å². The van der Waals surface area contributed by atoms with Crippen LogP contribution in [0.5, 0.6) is 0 Å². The molecular weight excluding hydrogens is 877 g/mol. The van der Waals surface area contributed by atoms with Gasteiger partial charge in [-0.3, -0.25) is 14.4 Å². The van der Waals surface area contributed by atoms with E-state index in [-0.39, 0.29) is 38.4 Å². The second-order valence-corrected chi connectivity index (χ2v) is 17.0. The van der Waals surface area contributed by atoms with E-state index in [1.54, 1.807) is 0 Å². The number of allylic oxidation sites excluding steroid dienone is 30. The van der Waals surface area contributed by atoms with E-state index in [0.717, 1.165) is 103 Å². The van der Waals surface area contributed by atoms with Crippen LogP contribution in [0.15, 0.2) is 182 Å². The number of carbonyl (C=O) groups excluding carboxylic acids is 3. The molecule has 0 aliphatic rings. The van der Waals surface area contributed by atoms with Crippen LogP contribution in [-0.4, -0.2) is 37.2 Å². The lowest BCUT2D eigenvalue weighted by molar-refractivity contribution is -0.166. The molecule has 0 spiro atoms. The van der Waals surface area contributed by atoms with E-state index in [0.29, 0.717) is 19.3 Å². The molecule has 0 bridgehead atoms. The summed E-state index contributed by atoms with van der Waals surface area (Å²) in [6.45, 7) is 6.19. The smallest absolute Gasteiger partial charge is 0.306 e. The number of ether oxygens (including phenoxy) is 3. The third kappa shape index (κ3) is 55.3. The average molecular weight is 973 g/mol. The summed E-state index contributed by atoms with van der Waals surface area (Å²) in [5, 5.41) is 0. The zero-order valence-corrected chi connectivity index (χ0v) is 44.6. The van der Waals surface area contributed by atoms with E-state index in [4.69, 9.17) is 14.2 Å². The quantitative estimate of drug-likeness (QED) is 0.0262. The molecule has 0 saturated heterocycles. The molecule has 0 saturated carbocycles. The topological polar surface area (TPSA) is 78.9 Å². The van der Waals surface area contributed by atoms with E-state index >= 15 is 0 Å². The fourth-order valence-corrected chi connectivity index (χ4v) is 6.38. The van der Waals surface area contributed by atoms with E-state index in [1.807, 2.05) is 12.2 Å². The highest BCUT2D eigenvalue weighted by Crippen LogP contribution is 2.08. The van der Waals surface area contributed by atoms with Crippen LogP contribution in [0.2, 0.25) is 0 Å². The van der Waals surface area contributed by atoms with E-state index < -0.39 is 18.0 Å². The Morgan fingerprint density at radius 3 is 0.887 bits per heavy atom. The Morgan fingerprint density at radius 2 is 0.563 bits per heavy atom. The lowest BCUT2D eigenvalue weighted by Crippen LogP contribution is -2.30. The number of carbonyl (C=O) groups is 3. The van der Waals surface area contributed by atoms with E-state index in [1.165, 1.54) is 25.7 Å². The summed E-state index contributed by atoms with van der Waals surface area (Å²) in [6.07, 6.45) is 86.1. The number of rotatable bonds is 46. The monoisotopic (exact) mass is 973 g/mol. The van der Waals surface area contributed by atoms with Crippen molar-refractivity contribution in [2.45, 2.75) is 194 Å². The van der Waals surface area contributed by atoms with Crippen molar-refractivity contribution in [3.63, 3.8) is 0 Å². The van der Waals surface area contributed by atoms with Gasteiger partial charge in [-0.1, -0.05) is 216 Å². The first-order chi connectivity index (χ1) is 35.0. The molecule has 392 valence electrons. The van der Waals surface area contributed by atoms with Crippen LogP contribution in [0.1, 0.15) is 188 Å². The first kappa shape index (κ1) is 65.5. The normalized spacial score (nSPS) is 13.6. The minimum absolute atomic E-state index is 0.163. The highest BCUT2D eigenvalue weighted by atomic mass is 16.6. The molecule has 0 aliphatic carbocycles. The molecule has 71 heavy (non-hydrogen) atoms. The molecule has 1 atom stereocenters. The van der Waals surface area contributed by atoms with Gasteiger partial charge in [0.15, 0.2) is 6.10 Å². The molecule has 0 aromatic rings. The van der Waals surface area contributed by atoms with Gasteiger partial charge in [-0.25, -0.2) is 0 Å². The summed E-state index contributed by atoms with van der Waals surface area (Å²) in [6, 6.07) is 0. The summed E-state index contributed by atoms with van der Waals surface area (Å²) in [5.74, 6) is -1.17. The Bertz CT molecular complexity index is 1730. The highest BCUT2D eigenvalue weighted by Gasteiger charge is 2.19. The predicted octanol–water partition coefficient (Wildman–Crippen LogP) is 18.5. The Balaban J connectivity index is 4.72. The maximum absolute atomic E-state index is 12.8. The van der Waals surface area contributed by atoms with Gasteiger partial charge in [0, 0.05) is 19.3 Å². The van der Waals surface area contributed by atoms with Crippen LogP contribution < -0.4 is 0 Å². The molecule has 0 fully saturated rings. The second-order valence-electron chi connectivity index (χ2n) is 17.0. The summed E-state index contributed by atoms with van der Waals surface area (Å²) >= 11 is 0. The van der Waals surface area contributed by atoms with Crippen molar-refractivity contribution in [3.8, 4) is 0 Å². The Morgan fingerprint density at radius 1 is 0.296 bits per heavy atom. The Labute approximate surface area is 434 Å². The van der Waals surface area contributed by atoms with Crippen LogP contribution >= 0.6 is 0 Å². The molecule has 0 aromatic heterocycles. The highest BCUT2D eigenvalue weighted by molar-refractivity contribution is 5.71. The van der Waals surface area contributed by atoms with Gasteiger partial charge in [-0.15, -0.1) is 0 Å². The molecule has 0 rings (SSSR count). The molecule has 6 nitrogen and oxygen atoms in total. The number of hydrogen-bond acceptors (Lipinski definition) is 6. The first-order valence-electron chi connectivity index (χ1n) is 27.3. The van der Waals surface area contributed by atoms with Crippen molar-refractivity contribution in [1.29, 1.82) is 0 Å². The SMILES string of the molecule is CC/C=C\C/C=C\C/C=C\C/C=C\C/C=C\C/C=C\CCC(=O)OCC(COC(=O)CCC/C=C\C/C=C\C/C=C\C/C=C\CCCCC)OC(=O)CCC/C=C\C/C=C\C/C=C\C/C=C\C/C=C\CC. The minimum Gasteiger partial charge on any atom is -0.462 e. The molecular formula is C65H96O6. The van der Waals surface area contributed by atoms with Crippen LogP contribution in [0.25, 0.3) is 0 Å². The van der Waals surface area contributed by atoms with Gasteiger partial charge < -0.3 is 14.2 Å². The fourth-order valence-electron chi connectivity index (χ4n) is 6.38. The van der Waals surface area contributed by atoms with Gasteiger partial charge >= 0.3 is 17.9 Å². The largest absolute Gasteiger partial charge is 0.462 e. The van der Waals surface area contributed by atoms with Crippen molar-refractivity contribution >= 4 is 17.9 Å². The third-order valence-electron chi connectivity index (χ3n) is 10.4. The van der Waals surface area contributed by atoms with Crippen molar-refractivity contribution in [3.05, 3.63) is 182 Å². The Kier molecular flexibility index (Phi) is 52.7. The van der Waals surface area contributed by atoms with E-state index in [9.17, 15) is 14.4 Å². The molecule has 6 heteroatoms. The molecule has 0 amide bonds. The average Bonchev–Trinajstić information content (AvgIpc) is 3.37. The van der Waals surface area contributed by atoms with Gasteiger partial charge in [-0.2, -0.15) is 0 Å². The lowest BCUT2D eigenvalue weighted by Gasteiger charge is -2.18. The van der Waals surface area contributed by atoms with Gasteiger partial charge in [0.05, 0.1) is 0 Å². The maximum atomic E-state index is 12.8. The summed E-state index contributed by atoms with van der Waals surface area (Å²) in [5.41, 5.74) is 0. The third-order valence-corrected chi connectivity index (χ3v) is 10.4. The zero-order valence-electron chi connectivity index (χ0n) is 44.6. The van der Waals surface area contributed by atoms with Crippen LogP contribution in [-0.2, 0) is 28.6 Å². The maximum Gasteiger partial charge on any atom is 0.306 e. The molecule has 1 unspecified atom stereocenters. The van der Waals surface area contributed by atoms with Crippen LogP contribution in [0, 0.1) is 0 Å². The number of hydrogen-bond donors (Lipinski definition) is 0. The molecule has 0 heterocycles. The summed E-state index contributed by atoms with van der Waals surface area (Å²) in [4.78, 5) is 38.0. The van der Waals surface area contributed by atoms with Gasteiger partial charge in [0.2, 0.25) is 0 Å². The minimum atomic E-state index is -0.872. The summed E-state index contributed by atoms with van der Waals surface area (Å²) < 4.78 is 16.7. The first-order valence-corrected chi connectivity index (χ1v) is 27.3. The predicted molar refractivity (Wildman–Crippen MR) is 306 cm³/mol. The lowest BCUT2D eigenvalue weighted by atomic mass is 10.2. The standard InChI is InChI=1S/C65H96O6/c1-4-7-10-13-16-19-22-25-28-31-32-35-37-40-43-46-49-52-55-58-64(67)70-61-62(71-65(68)59-56-53-50-47-44-41-38-34-30-27-24-21-18-15-12-9-6-3)60-69-63(66)57-54-51-48-45-42-39-36-33-29-26-23-20-17-14-11-8-5-2/h7,9-10,12,16-21,25-30,32,35-36,38-41,43,45,47-50,52,62H,4-6,8,11,13-15,22-24,31,33-34,37,42,44,46,51,53-61H2,1-3H3/b10-7-,12-9-,19-16-,20-17-,21-18-,28-25-,29-26-,30-27-,35-32-,39-36-,41-38-,43-40-,48-45-,50-47-,52-49-. The number of unbranched alkanes of at least 4 members (excludes halogenated alkanes) is 5. The van der Waals surface area contributed by atoms with Crippen LogP contribution in [0.3, 0.4) is 0 Å².